The molecule has 13 heteroatoms. The Balaban J connectivity index is 1.20. The highest BCUT2D eigenvalue weighted by Crippen LogP contribution is 2.32. The van der Waals surface area contributed by atoms with E-state index in [2.05, 4.69) is 20.6 Å². The monoisotopic (exact) mass is 596 g/mol. The van der Waals surface area contributed by atoms with E-state index in [0.29, 0.717) is 36.5 Å². The van der Waals surface area contributed by atoms with Crippen LogP contribution >= 0.6 is 0 Å². The number of alkyl halides is 3. The summed E-state index contributed by atoms with van der Waals surface area (Å²) in [7, 11) is -4.06. The molecule has 1 saturated heterocycles. The van der Waals surface area contributed by atoms with E-state index in [-0.39, 0.29) is 23.9 Å². The van der Waals surface area contributed by atoms with Crippen LogP contribution in [-0.2, 0) is 21.0 Å². The summed E-state index contributed by atoms with van der Waals surface area (Å²) in [6, 6.07) is 20.4. The van der Waals surface area contributed by atoms with E-state index in [1.165, 1.54) is 17.3 Å². The quantitative estimate of drug-likeness (QED) is 0.295. The third kappa shape index (κ3) is 6.69. The average molecular weight is 597 g/mol. The van der Waals surface area contributed by atoms with E-state index in [4.69, 9.17) is 0 Å². The molecule has 1 amide bonds. The first-order chi connectivity index (χ1) is 20.0. The molecule has 1 aliphatic heterocycles. The molecule has 42 heavy (non-hydrogen) atoms. The molecular formula is C29H27F3N6O3S. The molecule has 3 aromatic carbocycles. The number of aromatic nitrogens is 2. The zero-order chi connectivity index (χ0) is 29.9. The van der Waals surface area contributed by atoms with Crippen molar-refractivity contribution in [3.63, 3.8) is 0 Å². The number of piperazine rings is 1. The lowest BCUT2D eigenvalue weighted by molar-refractivity contribution is -0.137. The summed E-state index contributed by atoms with van der Waals surface area (Å²) in [5.41, 5.74) is 2.90. The fourth-order valence-electron chi connectivity index (χ4n) is 4.56. The van der Waals surface area contributed by atoms with Crippen molar-refractivity contribution in [2.24, 2.45) is 0 Å². The lowest BCUT2D eigenvalue weighted by atomic mass is 10.1. The number of benzene rings is 3. The SMILES string of the molecule is CC(=O)Nc1ccc(-c2ccnc(Nc3ccc(N4CCN(S(=O)(=O)c5cccc(C(F)(F)F)c5)CC4)cc3)n2)cc1. The molecule has 1 fully saturated rings. The van der Waals surface area contributed by atoms with Crippen LogP contribution in [0.4, 0.5) is 36.2 Å². The number of sulfonamides is 1. The summed E-state index contributed by atoms with van der Waals surface area (Å²) < 4.78 is 66.5. The predicted molar refractivity (Wildman–Crippen MR) is 154 cm³/mol. The average Bonchev–Trinajstić information content (AvgIpc) is 2.97. The standard InChI is InChI=1S/C29H27F3N6O3S/c1-20(39)34-23-7-5-21(6-8-23)27-13-14-33-28(36-27)35-24-9-11-25(12-10-24)37-15-17-38(18-16-37)42(40,41)26-4-2-3-22(19-26)29(30,31)32/h2-14,19H,15-18H2,1H3,(H,34,39)(H,33,35,36). The number of anilines is 4. The maximum atomic E-state index is 13.1. The Hall–Kier alpha value is -4.49. The normalized spacial score (nSPS) is 14.4. The van der Waals surface area contributed by atoms with E-state index in [0.717, 1.165) is 29.1 Å². The van der Waals surface area contributed by atoms with Gasteiger partial charge in [-0.1, -0.05) is 18.2 Å². The zero-order valence-electron chi connectivity index (χ0n) is 22.5. The molecule has 0 spiro atoms. The molecule has 0 unspecified atom stereocenters. The summed E-state index contributed by atoms with van der Waals surface area (Å²) in [5.74, 6) is 0.256. The lowest BCUT2D eigenvalue weighted by Crippen LogP contribution is -2.48. The van der Waals surface area contributed by atoms with Gasteiger partial charge in [0.05, 0.1) is 16.2 Å². The highest BCUT2D eigenvalue weighted by Gasteiger charge is 2.34. The number of rotatable bonds is 7. The first-order valence-electron chi connectivity index (χ1n) is 13.0. The minimum Gasteiger partial charge on any atom is -0.369 e. The van der Waals surface area contributed by atoms with Crippen molar-refractivity contribution < 1.29 is 26.4 Å². The number of halogens is 3. The minimum absolute atomic E-state index is 0.144. The molecule has 0 radical (unpaired) electrons. The van der Waals surface area contributed by atoms with Crippen molar-refractivity contribution in [1.82, 2.24) is 14.3 Å². The number of hydrogen-bond donors (Lipinski definition) is 2. The molecule has 0 aliphatic carbocycles. The maximum Gasteiger partial charge on any atom is 0.416 e. The molecule has 1 aromatic heterocycles. The number of nitrogens with zero attached hydrogens (tertiary/aromatic N) is 4. The Morgan fingerprint density at radius 2 is 1.55 bits per heavy atom. The second-order valence-corrected chi connectivity index (χ2v) is 11.6. The Labute approximate surface area is 241 Å². The van der Waals surface area contributed by atoms with Crippen LogP contribution < -0.4 is 15.5 Å². The number of amides is 1. The van der Waals surface area contributed by atoms with Gasteiger partial charge in [0, 0.05) is 61.9 Å². The molecular weight excluding hydrogens is 569 g/mol. The molecule has 0 bridgehead atoms. The van der Waals surface area contributed by atoms with Crippen LogP contribution in [0.15, 0.2) is 90.0 Å². The molecule has 2 heterocycles. The van der Waals surface area contributed by atoms with Gasteiger partial charge in [-0.3, -0.25) is 4.79 Å². The topological polar surface area (TPSA) is 108 Å². The number of carbonyl (C=O) groups excluding carboxylic acids is 1. The van der Waals surface area contributed by atoms with E-state index in [1.54, 1.807) is 24.4 Å². The van der Waals surface area contributed by atoms with Crippen LogP contribution in [0.3, 0.4) is 0 Å². The van der Waals surface area contributed by atoms with Crippen molar-refractivity contribution >= 4 is 38.9 Å². The first-order valence-corrected chi connectivity index (χ1v) is 14.4. The first kappa shape index (κ1) is 29.0. The van der Waals surface area contributed by atoms with Crippen LogP contribution in [-0.4, -0.2) is 54.8 Å². The van der Waals surface area contributed by atoms with Crippen molar-refractivity contribution in [3.05, 3.63) is 90.6 Å². The zero-order valence-corrected chi connectivity index (χ0v) is 23.3. The summed E-state index contributed by atoms with van der Waals surface area (Å²) >= 11 is 0. The van der Waals surface area contributed by atoms with Gasteiger partial charge in [-0.15, -0.1) is 0 Å². The van der Waals surface area contributed by atoms with Gasteiger partial charge in [0.15, 0.2) is 0 Å². The molecule has 0 saturated carbocycles. The Morgan fingerprint density at radius 3 is 2.19 bits per heavy atom. The van der Waals surface area contributed by atoms with Gasteiger partial charge in [-0.2, -0.15) is 17.5 Å². The highest BCUT2D eigenvalue weighted by atomic mass is 32.2. The molecule has 0 atom stereocenters. The van der Waals surface area contributed by atoms with Crippen molar-refractivity contribution in [2.45, 2.75) is 18.0 Å². The van der Waals surface area contributed by atoms with E-state index < -0.39 is 21.8 Å². The third-order valence-electron chi connectivity index (χ3n) is 6.68. The minimum atomic E-state index is -4.62. The number of hydrogen-bond acceptors (Lipinski definition) is 7. The van der Waals surface area contributed by atoms with Gasteiger partial charge in [-0.05, 0) is 60.7 Å². The van der Waals surface area contributed by atoms with Crippen LogP contribution in [0, 0.1) is 0 Å². The van der Waals surface area contributed by atoms with Crippen LogP contribution in [0.2, 0.25) is 0 Å². The van der Waals surface area contributed by atoms with Gasteiger partial charge in [-0.25, -0.2) is 18.4 Å². The summed E-state index contributed by atoms with van der Waals surface area (Å²) in [6.07, 6.45) is -2.98. The molecule has 4 aromatic rings. The second kappa shape index (κ2) is 11.8. The Morgan fingerprint density at radius 1 is 0.881 bits per heavy atom. The van der Waals surface area contributed by atoms with E-state index in [9.17, 15) is 26.4 Å². The van der Waals surface area contributed by atoms with Gasteiger partial charge in [0.2, 0.25) is 21.9 Å². The smallest absolute Gasteiger partial charge is 0.369 e. The van der Waals surface area contributed by atoms with E-state index in [1.807, 2.05) is 41.3 Å². The van der Waals surface area contributed by atoms with Crippen molar-refractivity contribution in [2.75, 3.05) is 41.7 Å². The van der Waals surface area contributed by atoms with Gasteiger partial charge >= 0.3 is 6.18 Å². The van der Waals surface area contributed by atoms with Crippen molar-refractivity contribution in [3.8, 4) is 11.3 Å². The maximum absolute atomic E-state index is 13.1. The second-order valence-electron chi connectivity index (χ2n) is 9.61. The summed E-state index contributed by atoms with van der Waals surface area (Å²) in [4.78, 5) is 21.7. The summed E-state index contributed by atoms with van der Waals surface area (Å²) in [6.45, 7) is 2.51. The molecule has 2 N–H and O–H groups in total. The Bertz CT molecular complexity index is 1670. The molecule has 5 rings (SSSR count). The predicted octanol–water partition coefficient (Wildman–Crippen LogP) is 5.38. The largest absolute Gasteiger partial charge is 0.416 e. The number of nitrogens with one attached hydrogen (secondary N) is 2. The van der Waals surface area contributed by atoms with E-state index >= 15 is 0 Å². The van der Waals surface area contributed by atoms with Crippen LogP contribution in [0.5, 0.6) is 0 Å². The Kier molecular flexibility index (Phi) is 8.14. The molecule has 1 aliphatic rings. The number of carbonyl (C=O) groups is 1. The fourth-order valence-corrected chi connectivity index (χ4v) is 6.03. The van der Waals surface area contributed by atoms with Crippen LogP contribution in [0.25, 0.3) is 11.3 Å². The van der Waals surface area contributed by atoms with Crippen LogP contribution in [0.1, 0.15) is 12.5 Å². The fraction of sp³-hybridized carbons (Fsp3) is 0.207. The summed E-state index contributed by atoms with van der Waals surface area (Å²) in [5, 5.41) is 5.90. The van der Waals surface area contributed by atoms with Gasteiger partial charge in [0.25, 0.3) is 0 Å². The lowest BCUT2D eigenvalue weighted by Gasteiger charge is -2.35. The van der Waals surface area contributed by atoms with Crippen molar-refractivity contribution in [1.29, 1.82) is 0 Å². The van der Waals surface area contributed by atoms with Gasteiger partial charge in [0.1, 0.15) is 0 Å². The molecule has 9 nitrogen and oxygen atoms in total. The highest BCUT2D eigenvalue weighted by molar-refractivity contribution is 7.89. The molecule has 218 valence electrons. The van der Waals surface area contributed by atoms with Gasteiger partial charge < -0.3 is 15.5 Å². The third-order valence-corrected chi connectivity index (χ3v) is 8.58.